The van der Waals surface area contributed by atoms with Gasteiger partial charge in [0, 0.05) is 0 Å². The molecule has 94 valence electrons. The molecule has 0 fully saturated rings. The molecule has 0 aliphatic heterocycles. The number of hydrogen-bond acceptors (Lipinski definition) is 3. The first-order valence-electron chi connectivity index (χ1n) is 5.48. The second-order valence-electron chi connectivity index (χ2n) is 3.77. The second kappa shape index (κ2) is 5.91. The number of hydrogen-bond donors (Lipinski definition) is 0. The Kier molecular flexibility index (Phi) is 4.25. The smallest absolute Gasteiger partial charge is 0.177 e. The quantitative estimate of drug-likeness (QED) is 0.814. The SMILES string of the molecule is COc1ccc(CCc2ncnc(Br)c2F)cc1. The largest absolute Gasteiger partial charge is 0.497 e. The lowest BCUT2D eigenvalue weighted by Gasteiger charge is -2.04. The third-order valence-corrected chi connectivity index (χ3v) is 3.18. The summed E-state index contributed by atoms with van der Waals surface area (Å²) < 4.78 is 18.9. The highest BCUT2D eigenvalue weighted by Crippen LogP contribution is 2.17. The first-order chi connectivity index (χ1) is 8.70. The molecule has 1 heterocycles. The molecule has 0 amide bonds. The van der Waals surface area contributed by atoms with Crippen molar-refractivity contribution in [3.63, 3.8) is 0 Å². The van der Waals surface area contributed by atoms with Crippen molar-refractivity contribution in [3.8, 4) is 5.75 Å². The van der Waals surface area contributed by atoms with Crippen LogP contribution in [0.5, 0.6) is 5.75 Å². The summed E-state index contributed by atoms with van der Waals surface area (Å²) in [6.07, 6.45) is 2.63. The van der Waals surface area contributed by atoms with Crippen molar-refractivity contribution in [2.45, 2.75) is 12.8 Å². The highest BCUT2D eigenvalue weighted by atomic mass is 79.9. The van der Waals surface area contributed by atoms with Gasteiger partial charge in [0.1, 0.15) is 16.7 Å². The summed E-state index contributed by atoms with van der Waals surface area (Å²) in [6.45, 7) is 0. The molecule has 0 unspecified atom stereocenters. The molecule has 0 radical (unpaired) electrons. The maximum atomic E-state index is 13.6. The van der Waals surface area contributed by atoms with E-state index in [0.717, 1.165) is 17.7 Å². The van der Waals surface area contributed by atoms with E-state index in [-0.39, 0.29) is 10.4 Å². The summed E-state index contributed by atoms with van der Waals surface area (Å²) in [5.74, 6) is 0.431. The highest BCUT2D eigenvalue weighted by molar-refractivity contribution is 9.10. The highest BCUT2D eigenvalue weighted by Gasteiger charge is 2.08. The summed E-state index contributed by atoms with van der Waals surface area (Å²) in [5, 5.41) is 0. The van der Waals surface area contributed by atoms with E-state index in [4.69, 9.17) is 4.74 Å². The number of ether oxygens (including phenoxy) is 1. The van der Waals surface area contributed by atoms with Crippen LogP contribution in [0.15, 0.2) is 35.2 Å². The zero-order valence-electron chi connectivity index (χ0n) is 9.86. The molecule has 0 aliphatic rings. The van der Waals surface area contributed by atoms with E-state index in [1.807, 2.05) is 24.3 Å². The van der Waals surface area contributed by atoms with Crippen molar-refractivity contribution >= 4 is 15.9 Å². The Morgan fingerprint density at radius 2 is 1.89 bits per heavy atom. The van der Waals surface area contributed by atoms with E-state index in [1.54, 1.807) is 7.11 Å². The van der Waals surface area contributed by atoms with Crippen LogP contribution in [-0.4, -0.2) is 17.1 Å². The van der Waals surface area contributed by atoms with Crippen LogP contribution in [0.4, 0.5) is 4.39 Å². The molecule has 0 aliphatic carbocycles. The van der Waals surface area contributed by atoms with E-state index in [9.17, 15) is 4.39 Å². The average molecular weight is 311 g/mol. The van der Waals surface area contributed by atoms with Crippen LogP contribution >= 0.6 is 15.9 Å². The van der Waals surface area contributed by atoms with Gasteiger partial charge in [0.15, 0.2) is 5.82 Å². The van der Waals surface area contributed by atoms with Gasteiger partial charge >= 0.3 is 0 Å². The Hall–Kier alpha value is -1.49. The van der Waals surface area contributed by atoms with Crippen LogP contribution in [0.1, 0.15) is 11.3 Å². The summed E-state index contributed by atoms with van der Waals surface area (Å²) in [7, 11) is 1.63. The maximum absolute atomic E-state index is 13.6. The minimum Gasteiger partial charge on any atom is -0.497 e. The molecule has 0 bridgehead atoms. The summed E-state index contributed by atoms with van der Waals surface area (Å²) >= 11 is 3.05. The van der Waals surface area contributed by atoms with Crippen LogP contribution < -0.4 is 4.74 Å². The van der Waals surface area contributed by atoms with E-state index in [2.05, 4.69) is 25.9 Å². The Morgan fingerprint density at radius 1 is 1.17 bits per heavy atom. The minimum atomic E-state index is -0.383. The number of aromatic nitrogens is 2. The molecular weight excluding hydrogens is 299 g/mol. The van der Waals surface area contributed by atoms with Crippen LogP contribution in [-0.2, 0) is 12.8 Å². The molecule has 0 saturated heterocycles. The van der Waals surface area contributed by atoms with E-state index in [0.29, 0.717) is 12.1 Å². The van der Waals surface area contributed by atoms with Crippen molar-refractivity contribution in [1.29, 1.82) is 0 Å². The standard InChI is InChI=1S/C13H12BrFN2O/c1-18-10-5-2-9(3-6-10)4-7-11-12(15)13(14)17-8-16-11/h2-3,5-6,8H,4,7H2,1H3. The van der Waals surface area contributed by atoms with Gasteiger partial charge < -0.3 is 4.74 Å². The van der Waals surface area contributed by atoms with Gasteiger partial charge in [-0.15, -0.1) is 0 Å². The first kappa shape index (κ1) is 13.0. The van der Waals surface area contributed by atoms with Gasteiger partial charge in [-0.1, -0.05) is 12.1 Å². The molecule has 2 aromatic rings. The number of rotatable bonds is 4. The van der Waals surface area contributed by atoms with E-state index < -0.39 is 0 Å². The number of benzene rings is 1. The zero-order chi connectivity index (χ0) is 13.0. The number of halogens is 2. The van der Waals surface area contributed by atoms with Crippen LogP contribution in [0.2, 0.25) is 0 Å². The maximum Gasteiger partial charge on any atom is 0.177 e. The Balaban J connectivity index is 2.04. The lowest BCUT2D eigenvalue weighted by molar-refractivity contribution is 0.414. The third-order valence-electron chi connectivity index (χ3n) is 2.63. The average Bonchev–Trinajstić information content (AvgIpc) is 2.41. The molecule has 18 heavy (non-hydrogen) atoms. The Morgan fingerprint density at radius 3 is 2.56 bits per heavy atom. The van der Waals surface area contributed by atoms with E-state index in [1.165, 1.54) is 6.33 Å². The fourth-order valence-electron chi connectivity index (χ4n) is 1.61. The summed E-state index contributed by atoms with van der Waals surface area (Å²) in [5.41, 5.74) is 1.54. The molecular formula is C13H12BrFN2O. The predicted molar refractivity (Wildman–Crippen MR) is 70.1 cm³/mol. The van der Waals surface area contributed by atoms with Crippen molar-refractivity contribution in [3.05, 3.63) is 52.3 Å². The van der Waals surface area contributed by atoms with Crippen LogP contribution in [0.25, 0.3) is 0 Å². The summed E-state index contributed by atoms with van der Waals surface area (Å²) in [6, 6.07) is 7.71. The minimum absolute atomic E-state index is 0.210. The second-order valence-corrected chi connectivity index (χ2v) is 4.52. The van der Waals surface area contributed by atoms with Gasteiger partial charge in [0.2, 0.25) is 0 Å². The van der Waals surface area contributed by atoms with Gasteiger partial charge in [-0.25, -0.2) is 14.4 Å². The molecule has 5 heteroatoms. The molecule has 1 aromatic heterocycles. The number of methoxy groups -OCH3 is 1. The van der Waals surface area contributed by atoms with Gasteiger partial charge in [0.05, 0.1) is 12.8 Å². The van der Waals surface area contributed by atoms with Crippen LogP contribution in [0, 0.1) is 5.82 Å². The van der Waals surface area contributed by atoms with Gasteiger partial charge in [-0.3, -0.25) is 0 Å². The van der Waals surface area contributed by atoms with Crippen molar-refractivity contribution in [1.82, 2.24) is 9.97 Å². The molecule has 1 aromatic carbocycles. The van der Waals surface area contributed by atoms with Crippen molar-refractivity contribution in [2.75, 3.05) is 7.11 Å². The fourth-order valence-corrected chi connectivity index (χ4v) is 1.93. The van der Waals surface area contributed by atoms with Crippen molar-refractivity contribution < 1.29 is 9.13 Å². The summed E-state index contributed by atoms with van der Waals surface area (Å²) in [4.78, 5) is 7.68. The lowest BCUT2D eigenvalue weighted by atomic mass is 10.1. The fraction of sp³-hybridized carbons (Fsp3) is 0.231. The molecule has 0 saturated carbocycles. The van der Waals surface area contributed by atoms with E-state index >= 15 is 0 Å². The third kappa shape index (κ3) is 3.04. The monoisotopic (exact) mass is 310 g/mol. The number of aryl methyl sites for hydroxylation is 2. The topological polar surface area (TPSA) is 35.0 Å². The Bertz CT molecular complexity index is 531. The van der Waals surface area contributed by atoms with Gasteiger partial charge in [0.25, 0.3) is 0 Å². The predicted octanol–water partition coefficient (Wildman–Crippen LogP) is 3.17. The van der Waals surface area contributed by atoms with Crippen molar-refractivity contribution in [2.24, 2.45) is 0 Å². The Labute approximate surface area is 113 Å². The molecule has 0 atom stereocenters. The zero-order valence-corrected chi connectivity index (χ0v) is 11.4. The van der Waals surface area contributed by atoms with Gasteiger partial charge in [-0.2, -0.15) is 0 Å². The lowest BCUT2D eigenvalue weighted by Crippen LogP contribution is -2.00. The molecule has 0 spiro atoms. The van der Waals surface area contributed by atoms with Crippen LogP contribution in [0.3, 0.4) is 0 Å². The first-order valence-corrected chi connectivity index (χ1v) is 6.28. The number of nitrogens with zero attached hydrogens (tertiary/aromatic N) is 2. The molecule has 3 nitrogen and oxygen atoms in total. The molecule has 0 N–H and O–H groups in total. The molecule has 2 rings (SSSR count). The van der Waals surface area contributed by atoms with Gasteiger partial charge in [-0.05, 0) is 46.5 Å². The normalized spacial score (nSPS) is 10.4.